The van der Waals surface area contributed by atoms with Crippen molar-refractivity contribution in [2.45, 2.75) is 6.42 Å². The van der Waals surface area contributed by atoms with Crippen molar-refractivity contribution >= 4 is 39.4 Å². The molecule has 20 heavy (non-hydrogen) atoms. The van der Waals surface area contributed by atoms with Crippen molar-refractivity contribution < 1.29 is 23.9 Å². The van der Waals surface area contributed by atoms with Crippen molar-refractivity contribution in [2.24, 2.45) is 11.7 Å². The lowest BCUT2D eigenvalue weighted by Crippen LogP contribution is -2.29. The predicted molar refractivity (Wildman–Crippen MR) is 70.7 cm³/mol. The van der Waals surface area contributed by atoms with E-state index in [0.717, 1.165) is 17.0 Å². The molecule has 2 amide bonds. The molecule has 1 heterocycles. The standard InChI is InChI=1S/C12H10BrFN2O4/c13-7-2-6(12(19)20)9(3-8(7)14)16-4-5(11(15)18)1-10(16)17/h2-3,5H,1,4H2,(H2,15,18)(H,19,20). The Hall–Kier alpha value is -1.96. The molecule has 1 fully saturated rings. The summed E-state index contributed by atoms with van der Waals surface area (Å²) in [6, 6.07) is 2.03. The smallest absolute Gasteiger partial charge is 0.337 e. The highest BCUT2D eigenvalue weighted by atomic mass is 79.9. The number of aromatic carboxylic acids is 1. The lowest BCUT2D eigenvalue weighted by Gasteiger charge is -2.19. The van der Waals surface area contributed by atoms with E-state index >= 15 is 0 Å². The molecule has 0 spiro atoms. The Morgan fingerprint density at radius 1 is 1.45 bits per heavy atom. The highest BCUT2D eigenvalue weighted by Gasteiger charge is 2.36. The molecule has 1 unspecified atom stereocenters. The topological polar surface area (TPSA) is 101 Å². The first-order valence-electron chi connectivity index (χ1n) is 5.63. The van der Waals surface area contributed by atoms with E-state index < -0.39 is 29.5 Å². The summed E-state index contributed by atoms with van der Waals surface area (Å²) in [6.07, 6.45) is -0.105. The van der Waals surface area contributed by atoms with Gasteiger partial charge in [0.2, 0.25) is 11.8 Å². The fraction of sp³-hybridized carbons (Fsp3) is 0.250. The van der Waals surface area contributed by atoms with Crippen LogP contribution >= 0.6 is 15.9 Å². The molecule has 0 aromatic heterocycles. The van der Waals surface area contributed by atoms with Crippen LogP contribution in [0.15, 0.2) is 16.6 Å². The minimum Gasteiger partial charge on any atom is -0.478 e. The molecule has 0 radical (unpaired) electrons. The molecule has 0 bridgehead atoms. The Morgan fingerprint density at radius 3 is 2.60 bits per heavy atom. The number of halogens is 2. The van der Waals surface area contributed by atoms with Gasteiger partial charge in [-0.2, -0.15) is 0 Å². The zero-order valence-electron chi connectivity index (χ0n) is 10.1. The third-order valence-corrected chi connectivity index (χ3v) is 3.69. The summed E-state index contributed by atoms with van der Waals surface area (Å²) >= 11 is 2.89. The molecule has 1 aromatic rings. The van der Waals surface area contributed by atoms with Crippen molar-refractivity contribution in [1.82, 2.24) is 0 Å². The van der Waals surface area contributed by atoms with Gasteiger partial charge in [0, 0.05) is 13.0 Å². The van der Waals surface area contributed by atoms with Crippen molar-refractivity contribution in [1.29, 1.82) is 0 Å². The van der Waals surface area contributed by atoms with Crippen LogP contribution in [0, 0.1) is 11.7 Å². The van der Waals surface area contributed by atoms with Gasteiger partial charge in [0.25, 0.3) is 0 Å². The van der Waals surface area contributed by atoms with Crippen molar-refractivity contribution in [3.8, 4) is 0 Å². The second-order valence-electron chi connectivity index (χ2n) is 4.40. The number of primary amides is 1. The maximum absolute atomic E-state index is 13.6. The number of carbonyl (C=O) groups excluding carboxylic acids is 2. The van der Waals surface area contributed by atoms with Crippen molar-refractivity contribution in [3.05, 3.63) is 28.0 Å². The number of rotatable bonds is 3. The Kier molecular flexibility index (Phi) is 3.76. The quantitative estimate of drug-likeness (QED) is 0.857. The van der Waals surface area contributed by atoms with E-state index in [2.05, 4.69) is 15.9 Å². The molecule has 1 atom stereocenters. The highest BCUT2D eigenvalue weighted by molar-refractivity contribution is 9.10. The molecule has 1 saturated heterocycles. The number of anilines is 1. The maximum Gasteiger partial charge on any atom is 0.337 e. The van der Waals surface area contributed by atoms with Gasteiger partial charge in [-0.05, 0) is 28.1 Å². The Bertz CT molecular complexity index is 620. The molecule has 1 aromatic carbocycles. The lowest BCUT2D eigenvalue weighted by atomic mass is 10.1. The molecular formula is C12H10BrFN2O4. The molecule has 106 valence electrons. The van der Waals surface area contributed by atoms with E-state index in [-0.39, 0.29) is 28.7 Å². The fourth-order valence-electron chi connectivity index (χ4n) is 2.06. The van der Waals surface area contributed by atoms with Crippen LogP contribution in [-0.2, 0) is 9.59 Å². The number of carbonyl (C=O) groups is 3. The molecule has 1 aliphatic heterocycles. The summed E-state index contributed by atoms with van der Waals surface area (Å²) in [7, 11) is 0. The molecule has 8 heteroatoms. The van der Waals surface area contributed by atoms with Crippen LogP contribution in [0.25, 0.3) is 0 Å². The third-order valence-electron chi connectivity index (χ3n) is 3.09. The average Bonchev–Trinajstić information content (AvgIpc) is 2.74. The normalized spacial score (nSPS) is 18.4. The fourth-order valence-corrected chi connectivity index (χ4v) is 2.41. The lowest BCUT2D eigenvalue weighted by molar-refractivity contribution is -0.123. The zero-order valence-corrected chi connectivity index (χ0v) is 11.7. The van der Waals surface area contributed by atoms with Crippen LogP contribution in [0.4, 0.5) is 10.1 Å². The monoisotopic (exact) mass is 344 g/mol. The molecule has 0 aliphatic carbocycles. The number of hydrogen-bond donors (Lipinski definition) is 2. The summed E-state index contributed by atoms with van der Waals surface area (Å²) in [5.41, 5.74) is 4.83. The van der Waals surface area contributed by atoms with Crippen LogP contribution in [-0.4, -0.2) is 29.4 Å². The Morgan fingerprint density at radius 2 is 2.10 bits per heavy atom. The van der Waals surface area contributed by atoms with Crippen LogP contribution in [0.5, 0.6) is 0 Å². The number of nitrogens with zero attached hydrogens (tertiary/aromatic N) is 1. The first kappa shape index (κ1) is 14.4. The van der Waals surface area contributed by atoms with Gasteiger partial charge in [-0.1, -0.05) is 0 Å². The number of carboxylic acids is 1. The molecule has 6 nitrogen and oxygen atoms in total. The van der Waals surface area contributed by atoms with Gasteiger partial charge in [0.05, 0.1) is 21.6 Å². The third kappa shape index (κ3) is 2.51. The van der Waals surface area contributed by atoms with Crippen molar-refractivity contribution in [2.75, 3.05) is 11.4 Å². The summed E-state index contributed by atoms with van der Waals surface area (Å²) in [5.74, 6) is -3.79. The number of amides is 2. The Balaban J connectivity index is 2.47. The highest BCUT2D eigenvalue weighted by Crippen LogP contribution is 2.32. The van der Waals surface area contributed by atoms with Gasteiger partial charge in [-0.15, -0.1) is 0 Å². The van der Waals surface area contributed by atoms with Crippen LogP contribution < -0.4 is 10.6 Å². The van der Waals surface area contributed by atoms with Gasteiger partial charge in [-0.3, -0.25) is 9.59 Å². The van der Waals surface area contributed by atoms with Gasteiger partial charge < -0.3 is 15.7 Å². The minimum atomic E-state index is -1.30. The first-order chi connectivity index (χ1) is 9.31. The number of nitrogens with two attached hydrogens (primary N) is 1. The van der Waals surface area contributed by atoms with E-state index in [1.54, 1.807) is 0 Å². The zero-order chi connectivity index (χ0) is 15.0. The van der Waals surface area contributed by atoms with Crippen LogP contribution in [0.3, 0.4) is 0 Å². The predicted octanol–water partition coefficient (Wildman–Crippen LogP) is 1.12. The largest absolute Gasteiger partial charge is 0.478 e. The van der Waals surface area contributed by atoms with E-state index in [1.807, 2.05) is 0 Å². The summed E-state index contributed by atoms with van der Waals surface area (Å²) in [5, 5.41) is 9.13. The van der Waals surface area contributed by atoms with E-state index in [4.69, 9.17) is 10.8 Å². The number of carboxylic acid groups (broad SMARTS) is 1. The number of benzene rings is 1. The van der Waals surface area contributed by atoms with Crippen LogP contribution in [0.2, 0.25) is 0 Å². The summed E-state index contributed by atoms with van der Waals surface area (Å²) < 4.78 is 13.6. The van der Waals surface area contributed by atoms with E-state index in [9.17, 15) is 18.8 Å². The van der Waals surface area contributed by atoms with Crippen LogP contribution in [0.1, 0.15) is 16.8 Å². The Labute approximate surface area is 121 Å². The van der Waals surface area contributed by atoms with Gasteiger partial charge >= 0.3 is 5.97 Å². The minimum absolute atomic E-state index is 0.0169. The average molecular weight is 345 g/mol. The molecule has 2 rings (SSSR count). The van der Waals surface area contributed by atoms with E-state index in [0.29, 0.717) is 0 Å². The second-order valence-corrected chi connectivity index (χ2v) is 5.25. The molecule has 1 aliphatic rings. The van der Waals surface area contributed by atoms with Gasteiger partial charge in [0.15, 0.2) is 0 Å². The summed E-state index contributed by atoms with van der Waals surface area (Å²) in [4.78, 5) is 35.2. The summed E-state index contributed by atoms with van der Waals surface area (Å²) in [6.45, 7) is -0.0461. The van der Waals surface area contributed by atoms with Gasteiger partial charge in [0.1, 0.15) is 5.82 Å². The van der Waals surface area contributed by atoms with Gasteiger partial charge in [-0.25, -0.2) is 9.18 Å². The molecular weight excluding hydrogens is 335 g/mol. The maximum atomic E-state index is 13.6. The second kappa shape index (κ2) is 5.20. The first-order valence-corrected chi connectivity index (χ1v) is 6.42. The molecule has 0 saturated carbocycles. The van der Waals surface area contributed by atoms with Crippen molar-refractivity contribution in [3.63, 3.8) is 0 Å². The van der Waals surface area contributed by atoms with E-state index in [1.165, 1.54) is 0 Å². The SMILES string of the molecule is NC(=O)C1CC(=O)N(c2cc(F)c(Br)cc2C(=O)O)C1. The molecule has 3 N–H and O–H groups in total. The number of hydrogen-bond acceptors (Lipinski definition) is 3.